The van der Waals surface area contributed by atoms with Crippen LogP contribution in [0.1, 0.15) is 48.9 Å². The lowest BCUT2D eigenvalue weighted by molar-refractivity contribution is 0.0792. The summed E-state index contributed by atoms with van der Waals surface area (Å²) < 4.78 is 0. The van der Waals surface area contributed by atoms with Crippen LogP contribution >= 0.6 is 0 Å². The van der Waals surface area contributed by atoms with E-state index < -0.39 is 5.92 Å². The molecule has 0 atom stereocenters. The Labute approximate surface area is 132 Å². The van der Waals surface area contributed by atoms with Crippen LogP contribution in [0.3, 0.4) is 0 Å². The summed E-state index contributed by atoms with van der Waals surface area (Å²) in [5.74, 6) is -0.661. The number of likely N-dealkylation sites (tertiary alicyclic amines) is 2. The van der Waals surface area contributed by atoms with Crippen molar-refractivity contribution in [1.82, 2.24) is 9.80 Å². The van der Waals surface area contributed by atoms with E-state index >= 15 is 0 Å². The van der Waals surface area contributed by atoms with Crippen LogP contribution in [0.15, 0.2) is 24.3 Å². The smallest absolute Gasteiger partial charge is 0.158 e. The first-order chi connectivity index (χ1) is 10.8. The molecule has 0 spiro atoms. The van der Waals surface area contributed by atoms with Crippen LogP contribution in [0, 0.1) is 22.7 Å². The van der Waals surface area contributed by atoms with E-state index in [4.69, 9.17) is 10.5 Å². The van der Waals surface area contributed by atoms with Crippen LogP contribution in [-0.4, -0.2) is 36.0 Å². The Kier molecular flexibility index (Phi) is 4.73. The van der Waals surface area contributed by atoms with Crippen LogP contribution in [0.2, 0.25) is 0 Å². The maximum Gasteiger partial charge on any atom is 0.158 e. The third-order valence-electron chi connectivity index (χ3n) is 4.80. The molecule has 0 saturated carbocycles. The molecule has 22 heavy (non-hydrogen) atoms. The molecule has 2 saturated heterocycles. The highest BCUT2D eigenvalue weighted by molar-refractivity contribution is 5.34. The molecule has 0 bridgehead atoms. The molecule has 0 aliphatic carbocycles. The third kappa shape index (κ3) is 2.99. The van der Waals surface area contributed by atoms with Gasteiger partial charge >= 0.3 is 0 Å². The molecule has 2 heterocycles. The van der Waals surface area contributed by atoms with Crippen molar-refractivity contribution in [2.75, 3.05) is 26.2 Å². The van der Waals surface area contributed by atoms with Crippen molar-refractivity contribution in [3.63, 3.8) is 0 Å². The molecule has 0 amide bonds. The number of nitrogens with zero attached hydrogens (tertiary/aromatic N) is 4. The fourth-order valence-corrected chi connectivity index (χ4v) is 3.66. The summed E-state index contributed by atoms with van der Waals surface area (Å²) in [4.78, 5) is 5.15. The van der Waals surface area contributed by atoms with Gasteiger partial charge in [0, 0.05) is 0 Å². The van der Waals surface area contributed by atoms with Crippen LogP contribution in [0.5, 0.6) is 0 Å². The second-order valence-electron chi connectivity index (χ2n) is 6.22. The van der Waals surface area contributed by atoms with Crippen LogP contribution in [-0.2, 0) is 0 Å². The van der Waals surface area contributed by atoms with Gasteiger partial charge in [-0.15, -0.1) is 0 Å². The van der Waals surface area contributed by atoms with E-state index in [0.717, 1.165) is 5.56 Å². The summed E-state index contributed by atoms with van der Waals surface area (Å²) in [5.41, 5.74) is 2.09. The van der Waals surface area contributed by atoms with Gasteiger partial charge < -0.3 is 0 Å². The molecule has 2 aliphatic rings. The quantitative estimate of drug-likeness (QED) is 0.856. The Bertz CT molecular complexity index is 539. The monoisotopic (exact) mass is 294 g/mol. The third-order valence-corrected chi connectivity index (χ3v) is 4.80. The number of benzene rings is 1. The van der Waals surface area contributed by atoms with Crippen molar-refractivity contribution in [1.29, 1.82) is 10.5 Å². The van der Waals surface area contributed by atoms with Gasteiger partial charge in [-0.05, 0) is 63.0 Å². The first kappa shape index (κ1) is 15.0. The van der Waals surface area contributed by atoms with Crippen LogP contribution in [0.25, 0.3) is 0 Å². The average Bonchev–Trinajstić information content (AvgIpc) is 3.24. The Morgan fingerprint density at radius 1 is 0.727 bits per heavy atom. The van der Waals surface area contributed by atoms with Gasteiger partial charge in [0.05, 0.1) is 18.3 Å². The Balaban J connectivity index is 1.84. The lowest BCUT2D eigenvalue weighted by Gasteiger charge is -2.35. The zero-order valence-corrected chi connectivity index (χ0v) is 12.9. The molecule has 0 aromatic heterocycles. The van der Waals surface area contributed by atoms with Gasteiger partial charge in [0.1, 0.15) is 0 Å². The largest absolute Gasteiger partial charge is 0.284 e. The van der Waals surface area contributed by atoms with E-state index in [0.29, 0.717) is 6.17 Å². The van der Waals surface area contributed by atoms with E-state index in [1.807, 2.05) is 24.3 Å². The minimum absolute atomic E-state index is 0.363. The first-order valence-corrected chi connectivity index (χ1v) is 8.20. The van der Waals surface area contributed by atoms with Crippen LogP contribution < -0.4 is 0 Å². The number of hydrogen-bond donors (Lipinski definition) is 0. The van der Waals surface area contributed by atoms with Crippen molar-refractivity contribution < 1.29 is 0 Å². The molecular weight excluding hydrogens is 272 g/mol. The van der Waals surface area contributed by atoms with Gasteiger partial charge in [-0.25, -0.2) is 0 Å². The summed E-state index contributed by atoms with van der Waals surface area (Å²) >= 11 is 0. The molecule has 1 aromatic carbocycles. The molecule has 3 rings (SSSR count). The Morgan fingerprint density at radius 3 is 1.55 bits per heavy atom. The predicted molar refractivity (Wildman–Crippen MR) is 84.8 cm³/mol. The standard InChI is InChI=1S/C18H22N4/c19-13-17(14-20)15-5-7-16(8-6-15)18(21-9-1-2-10-21)22-11-3-4-12-22/h5-8,17-18H,1-4,9-12H2. The average molecular weight is 294 g/mol. The highest BCUT2D eigenvalue weighted by Gasteiger charge is 2.30. The molecule has 0 radical (unpaired) electrons. The van der Waals surface area contributed by atoms with Crippen molar-refractivity contribution in [2.24, 2.45) is 0 Å². The Hall–Kier alpha value is -1.88. The molecular formula is C18H22N4. The molecule has 2 aliphatic heterocycles. The second kappa shape index (κ2) is 6.92. The molecule has 2 fully saturated rings. The SMILES string of the molecule is N#CC(C#N)c1ccc(C(N2CCCC2)N2CCCC2)cc1. The van der Waals surface area contributed by atoms with E-state index in [1.165, 1.54) is 57.4 Å². The molecule has 114 valence electrons. The molecule has 1 aromatic rings. The van der Waals surface area contributed by atoms with Crippen molar-refractivity contribution in [2.45, 2.75) is 37.8 Å². The summed E-state index contributed by atoms with van der Waals surface area (Å²) in [6.45, 7) is 4.67. The normalized spacial score (nSPS) is 19.6. The second-order valence-corrected chi connectivity index (χ2v) is 6.22. The van der Waals surface area contributed by atoms with Gasteiger partial charge in [-0.3, -0.25) is 9.80 Å². The van der Waals surface area contributed by atoms with Gasteiger partial charge in [0.15, 0.2) is 5.92 Å². The maximum atomic E-state index is 9.01. The van der Waals surface area contributed by atoms with Crippen molar-refractivity contribution in [3.8, 4) is 12.1 Å². The molecule has 0 unspecified atom stereocenters. The summed E-state index contributed by atoms with van der Waals surface area (Å²) in [6.07, 6.45) is 5.50. The first-order valence-electron chi connectivity index (χ1n) is 8.20. The summed E-state index contributed by atoms with van der Waals surface area (Å²) in [5, 5.41) is 18.0. The van der Waals surface area contributed by atoms with E-state index in [-0.39, 0.29) is 0 Å². The molecule has 4 nitrogen and oxygen atoms in total. The van der Waals surface area contributed by atoms with Crippen molar-refractivity contribution in [3.05, 3.63) is 35.4 Å². The van der Waals surface area contributed by atoms with Gasteiger partial charge in [-0.1, -0.05) is 24.3 Å². The maximum absolute atomic E-state index is 9.01. The minimum Gasteiger partial charge on any atom is -0.284 e. The molecule has 0 N–H and O–H groups in total. The van der Waals surface area contributed by atoms with E-state index in [2.05, 4.69) is 21.9 Å². The van der Waals surface area contributed by atoms with Gasteiger partial charge in [-0.2, -0.15) is 10.5 Å². The topological polar surface area (TPSA) is 54.1 Å². The highest BCUT2D eigenvalue weighted by Crippen LogP contribution is 2.32. The van der Waals surface area contributed by atoms with Crippen molar-refractivity contribution >= 4 is 0 Å². The number of hydrogen-bond acceptors (Lipinski definition) is 4. The van der Waals surface area contributed by atoms with E-state index in [1.54, 1.807) is 0 Å². The Morgan fingerprint density at radius 2 is 1.14 bits per heavy atom. The lowest BCUT2D eigenvalue weighted by Crippen LogP contribution is -2.38. The van der Waals surface area contributed by atoms with Crippen LogP contribution in [0.4, 0.5) is 0 Å². The molecule has 4 heteroatoms. The fourth-order valence-electron chi connectivity index (χ4n) is 3.66. The zero-order chi connectivity index (χ0) is 15.4. The van der Waals surface area contributed by atoms with Gasteiger partial charge in [0.2, 0.25) is 0 Å². The predicted octanol–water partition coefficient (Wildman–Crippen LogP) is 3.01. The van der Waals surface area contributed by atoms with Gasteiger partial charge in [0.25, 0.3) is 0 Å². The lowest BCUT2D eigenvalue weighted by atomic mass is 9.99. The highest BCUT2D eigenvalue weighted by atomic mass is 15.4. The van der Waals surface area contributed by atoms with E-state index in [9.17, 15) is 0 Å². The zero-order valence-electron chi connectivity index (χ0n) is 12.9. The summed E-state index contributed by atoms with van der Waals surface area (Å²) in [7, 11) is 0. The summed E-state index contributed by atoms with van der Waals surface area (Å²) in [6, 6.07) is 12.2. The number of rotatable bonds is 4. The fraction of sp³-hybridized carbons (Fsp3) is 0.556. The number of nitriles is 2. The minimum atomic E-state index is -0.661.